The molecule has 0 aromatic carbocycles. The first-order chi connectivity index (χ1) is 8.57. The van der Waals surface area contributed by atoms with Gasteiger partial charge in [0.1, 0.15) is 6.04 Å². The number of hydrogen-bond acceptors (Lipinski definition) is 2. The highest BCUT2D eigenvalue weighted by Crippen LogP contribution is 2.34. The zero-order valence-electron chi connectivity index (χ0n) is 11.5. The molecule has 1 N–H and O–H groups in total. The van der Waals surface area contributed by atoms with E-state index >= 15 is 0 Å². The average molecular weight is 252 g/mol. The Morgan fingerprint density at radius 1 is 1.28 bits per heavy atom. The summed E-state index contributed by atoms with van der Waals surface area (Å²) in [6, 6.07) is -0.321. The Hall–Kier alpha value is -1.06. The van der Waals surface area contributed by atoms with Gasteiger partial charge in [0.25, 0.3) is 0 Å². The molecule has 0 aromatic rings. The van der Waals surface area contributed by atoms with Crippen molar-refractivity contribution in [3.05, 3.63) is 0 Å². The van der Waals surface area contributed by atoms with Crippen LogP contribution in [-0.2, 0) is 9.59 Å². The van der Waals surface area contributed by atoms with Gasteiger partial charge in [-0.1, -0.05) is 26.2 Å². The fourth-order valence-electron chi connectivity index (χ4n) is 3.24. The highest BCUT2D eigenvalue weighted by Gasteiger charge is 2.40. The van der Waals surface area contributed by atoms with Crippen molar-refractivity contribution in [2.24, 2.45) is 0 Å². The van der Waals surface area contributed by atoms with Gasteiger partial charge in [0.2, 0.25) is 11.8 Å². The lowest BCUT2D eigenvalue weighted by Gasteiger charge is -2.44. The maximum Gasteiger partial charge on any atom is 0.245 e. The first kappa shape index (κ1) is 13.4. The summed E-state index contributed by atoms with van der Waals surface area (Å²) in [6.07, 6.45) is 6.92. The lowest BCUT2D eigenvalue weighted by atomic mass is 9.81. The molecule has 2 aliphatic rings. The van der Waals surface area contributed by atoms with Crippen molar-refractivity contribution >= 4 is 11.8 Å². The lowest BCUT2D eigenvalue weighted by Crippen LogP contribution is -2.55. The fourth-order valence-corrected chi connectivity index (χ4v) is 3.24. The van der Waals surface area contributed by atoms with Crippen molar-refractivity contribution in [2.45, 2.75) is 70.4 Å². The Labute approximate surface area is 109 Å². The monoisotopic (exact) mass is 252 g/mol. The molecule has 0 radical (unpaired) electrons. The summed E-state index contributed by atoms with van der Waals surface area (Å²) in [6.45, 7) is 4.72. The molecule has 1 atom stereocenters. The molecule has 0 spiro atoms. The number of nitrogens with zero attached hydrogens (tertiary/aromatic N) is 1. The van der Waals surface area contributed by atoms with Gasteiger partial charge < -0.3 is 10.2 Å². The Kier molecular flexibility index (Phi) is 3.93. The van der Waals surface area contributed by atoms with Crippen LogP contribution in [0.25, 0.3) is 0 Å². The third-order valence-electron chi connectivity index (χ3n) is 4.45. The third-order valence-corrected chi connectivity index (χ3v) is 4.45. The summed E-state index contributed by atoms with van der Waals surface area (Å²) in [4.78, 5) is 26.2. The standard InChI is InChI=1S/C14H24N2O2/c1-3-11-13(18)16(10-7-12(17)15-11)14(2)8-5-4-6-9-14/h11H,3-10H2,1-2H3,(H,15,17). The Morgan fingerprint density at radius 2 is 1.94 bits per heavy atom. The Balaban J connectivity index is 2.19. The molecule has 4 heteroatoms. The molecular weight excluding hydrogens is 228 g/mol. The highest BCUT2D eigenvalue weighted by molar-refractivity contribution is 5.90. The van der Waals surface area contributed by atoms with Crippen molar-refractivity contribution in [1.82, 2.24) is 10.2 Å². The van der Waals surface area contributed by atoms with Gasteiger partial charge >= 0.3 is 0 Å². The molecule has 1 unspecified atom stereocenters. The molecule has 18 heavy (non-hydrogen) atoms. The van der Waals surface area contributed by atoms with Gasteiger partial charge in [0, 0.05) is 18.5 Å². The molecule has 1 aliphatic carbocycles. The first-order valence-corrected chi connectivity index (χ1v) is 7.18. The molecule has 4 nitrogen and oxygen atoms in total. The van der Waals surface area contributed by atoms with Crippen LogP contribution in [0.15, 0.2) is 0 Å². The van der Waals surface area contributed by atoms with E-state index in [0.717, 1.165) is 12.8 Å². The maximum atomic E-state index is 12.5. The Morgan fingerprint density at radius 3 is 2.56 bits per heavy atom. The van der Waals surface area contributed by atoms with Gasteiger partial charge in [-0.2, -0.15) is 0 Å². The molecule has 1 heterocycles. The molecule has 0 bridgehead atoms. The quantitative estimate of drug-likeness (QED) is 0.815. The van der Waals surface area contributed by atoms with Crippen LogP contribution in [0, 0.1) is 0 Å². The van der Waals surface area contributed by atoms with Crippen LogP contribution in [0.3, 0.4) is 0 Å². The summed E-state index contributed by atoms with van der Waals surface area (Å²) in [5.41, 5.74) is -0.0327. The minimum atomic E-state index is -0.321. The first-order valence-electron chi connectivity index (χ1n) is 7.18. The van der Waals surface area contributed by atoms with Crippen LogP contribution >= 0.6 is 0 Å². The maximum absolute atomic E-state index is 12.5. The van der Waals surface area contributed by atoms with Gasteiger partial charge in [-0.25, -0.2) is 0 Å². The molecule has 0 aromatic heterocycles. The summed E-state index contributed by atoms with van der Waals surface area (Å²) in [5.74, 6) is 0.129. The number of hydrogen-bond donors (Lipinski definition) is 1. The van der Waals surface area contributed by atoms with Crippen LogP contribution < -0.4 is 5.32 Å². The van der Waals surface area contributed by atoms with Crippen LogP contribution in [0.4, 0.5) is 0 Å². The predicted octanol–water partition coefficient (Wildman–Crippen LogP) is 1.84. The fraction of sp³-hybridized carbons (Fsp3) is 0.857. The highest BCUT2D eigenvalue weighted by atomic mass is 16.2. The van der Waals surface area contributed by atoms with Crippen LogP contribution in [-0.4, -0.2) is 34.8 Å². The third kappa shape index (κ3) is 2.52. The van der Waals surface area contributed by atoms with Crippen LogP contribution in [0.5, 0.6) is 0 Å². The topological polar surface area (TPSA) is 49.4 Å². The van der Waals surface area contributed by atoms with E-state index in [1.807, 2.05) is 11.8 Å². The van der Waals surface area contributed by atoms with Crippen molar-refractivity contribution in [1.29, 1.82) is 0 Å². The van der Waals surface area contributed by atoms with Gasteiger partial charge in [-0.05, 0) is 26.2 Å². The normalized spacial score (nSPS) is 28.8. The second-order valence-electron chi connectivity index (χ2n) is 5.83. The van der Waals surface area contributed by atoms with Gasteiger partial charge in [0.05, 0.1) is 0 Å². The van der Waals surface area contributed by atoms with E-state index in [1.54, 1.807) is 0 Å². The second kappa shape index (κ2) is 5.29. The zero-order valence-corrected chi connectivity index (χ0v) is 11.5. The smallest absolute Gasteiger partial charge is 0.245 e. The van der Waals surface area contributed by atoms with E-state index in [9.17, 15) is 9.59 Å². The molecule has 1 saturated carbocycles. The summed E-state index contributed by atoms with van der Waals surface area (Å²) >= 11 is 0. The van der Waals surface area contributed by atoms with E-state index in [4.69, 9.17) is 0 Å². The largest absolute Gasteiger partial charge is 0.344 e. The number of nitrogens with one attached hydrogen (secondary N) is 1. The van der Waals surface area contributed by atoms with Crippen molar-refractivity contribution < 1.29 is 9.59 Å². The molecule has 102 valence electrons. The molecule has 2 amide bonds. The molecule has 1 saturated heterocycles. The van der Waals surface area contributed by atoms with E-state index in [-0.39, 0.29) is 23.4 Å². The average Bonchev–Trinajstić information content (AvgIpc) is 2.50. The van der Waals surface area contributed by atoms with E-state index in [1.165, 1.54) is 19.3 Å². The SMILES string of the molecule is CCC1NC(=O)CCN(C2(C)CCCCC2)C1=O. The number of rotatable bonds is 2. The van der Waals surface area contributed by atoms with Crippen molar-refractivity contribution in [2.75, 3.05) is 6.54 Å². The summed E-state index contributed by atoms with van der Waals surface area (Å²) in [7, 11) is 0. The van der Waals surface area contributed by atoms with E-state index in [2.05, 4.69) is 12.2 Å². The number of carbonyl (C=O) groups is 2. The second-order valence-corrected chi connectivity index (χ2v) is 5.83. The van der Waals surface area contributed by atoms with Crippen LogP contribution in [0.1, 0.15) is 58.8 Å². The summed E-state index contributed by atoms with van der Waals surface area (Å²) < 4.78 is 0. The molecule has 1 aliphatic heterocycles. The van der Waals surface area contributed by atoms with E-state index in [0.29, 0.717) is 19.4 Å². The minimum Gasteiger partial charge on any atom is -0.344 e. The van der Waals surface area contributed by atoms with Crippen LogP contribution in [0.2, 0.25) is 0 Å². The predicted molar refractivity (Wildman–Crippen MR) is 70.0 cm³/mol. The van der Waals surface area contributed by atoms with Gasteiger partial charge in [0.15, 0.2) is 0 Å². The molecule has 2 rings (SSSR count). The minimum absolute atomic E-state index is 0.0112. The van der Waals surface area contributed by atoms with Crippen molar-refractivity contribution in [3.63, 3.8) is 0 Å². The van der Waals surface area contributed by atoms with Gasteiger partial charge in [-0.15, -0.1) is 0 Å². The molecular formula is C14H24N2O2. The zero-order chi connectivity index (χ0) is 13.2. The van der Waals surface area contributed by atoms with Crippen molar-refractivity contribution in [3.8, 4) is 0 Å². The number of amides is 2. The summed E-state index contributed by atoms with van der Waals surface area (Å²) in [5, 5.41) is 2.83. The number of carbonyl (C=O) groups excluding carboxylic acids is 2. The lowest BCUT2D eigenvalue weighted by molar-refractivity contribution is -0.140. The van der Waals surface area contributed by atoms with Gasteiger partial charge in [-0.3, -0.25) is 9.59 Å². The van der Waals surface area contributed by atoms with E-state index < -0.39 is 0 Å². The Bertz CT molecular complexity index is 335. The molecule has 2 fully saturated rings.